The minimum Gasteiger partial charge on any atom is -0.491 e. The molecule has 0 bridgehead atoms. The van der Waals surface area contributed by atoms with Crippen molar-refractivity contribution in [2.45, 2.75) is 0 Å². The quantitative estimate of drug-likeness (QED) is 0.664. The maximum atomic E-state index is 13.9. The molecule has 0 unspecified atom stereocenters. The van der Waals surface area contributed by atoms with E-state index >= 15 is 0 Å². The van der Waals surface area contributed by atoms with E-state index in [0.29, 0.717) is 35.8 Å². The molecule has 2 aromatic carbocycles. The standard InChI is InChI=1S/C15H16FNO2/c1-18-8-9-19-15-5-3-2-4-12(15)13-10-11(17)6-7-14(13)16/h2-7,10H,8-9,17H2,1H3. The molecule has 0 spiro atoms. The van der Waals surface area contributed by atoms with E-state index < -0.39 is 0 Å². The Labute approximate surface area is 111 Å². The monoisotopic (exact) mass is 261 g/mol. The van der Waals surface area contributed by atoms with Gasteiger partial charge in [-0.1, -0.05) is 18.2 Å². The first kappa shape index (κ1) is 13.4. The van der Waals surface area contributed by atoms with E-state index in [4.69, 9.17) is 15.2 Å². The van der Waals surface area contributed by atoms with Crippen molar-refractivity contribution < 1.29 is 13.9 Å². The molecular weight excluding hydrogens is 245 g/mol. The fraction of sp³-hybridized carbons (Fsp3) is 0.200. The highest BCUT2D eigenvalue weighted by Gasteiger charge is 2.10. The lowest BCUT2D eigenvalue weighted by molar-refractivity contribution is 0.146. The maximum absolute atomic E-state index is 13.9. The second kappa shape index (κ2) is 6.20. The van der Waals surface area contributed by atoms with Crippen molar-refractivity contribution >= 4 is 5.69 Å². The number of nitrogen functional groups attached to an aromatic ring is 1. The Bertz CT molecular complexity index is 558. The van der Waals surface area contributed by atoms with Gasteiger partial charge in [-0.2, -0.15) is 0 Å². The number of methoxy groups -OCH3 is 1. The first-order chi connectivity index (χ1) is 9.22. The molecule has 0 saturated carbocycles. The summed E-state index contributed by atoms with van der Waals surface area (Å²) in [4.78, 5) is 0. The van der Waals surface area contributed by atoms with E-state index in [1.165, 1.54) is 12.1 Å². The minimum absolute atomic E-state index is 0.322. The van der Waals surface area contributed by atoms with Crippen molar-refractivity contribution in [3.63, 3.8) is 0 Å². The Morgan fingerprint density at radius 1 is 1.05 bits per heavy atom. The van der Waals surface area contributed by atoms with Crippen molar-refractivity contribution in [1.82, 2.24) is 0 Å². The smallest absolute Gasteiger partial charge is 0.131 e. The summed E-state index contributed by atoms with van der Waals surface area (Å²) in [5, 5.41) is 0. The zero-order chi connectivity index (χ0) is 13.7. The zero-order valence-electron chi connectivity index (χ0n) is 10.7. The number of benzene rings is 2. The third-order valence-electron chi connectivity index (χ3n) is 2.71. The van der Waals surface area contributed by atoms with Crippen LogP contribution in [0.25, 0.3) is 11.1 Å². The number of rotatable bonds is 5. The molecule has 100 valence electrons. The van der Waals surface area contributed by atoms with E-state index in [9.17, 15) is 4.39 Å². The summed E-state index contributed by atoms with van der Waals surface area (Å²) >= 11 is 0. The Kier molecular flexibility index (Phi) is 4.36. The zero-order valence-corrected chi connectivity index (χ0v) is 10.7. The summed E-state index contributed by atoms with van der Waals surface area (Å²) in [6.45, 7) is 0.894. The van der Waals surface area contributed by atoms with Gasteiger partial charge in [-0.3, -0.25) is 0 Å². The molecule has 2 rings (SSSR count). The molecule has 3 nitrogen and oxygen atoms in total. The molecule has 0 amide bonds. The van der Waals surface area contributed by atoms with Gasteiger partial charge in [0.15, 0.2) is 0 Å². The number of hydrogen-bond donors (Lipinski definition) is 1. The summed E-state index contributed by atoms with van der Waals surface area (Å²) in [5.41, 5.74) is 7.35. The fourth-order valence-electron chi connectivity index (χ4n) is 1.80. The minimum atomic E-state index is -0.322. The SMILES string of the molecule is COCCOc1ccccc1-c1cc(N)ccc1F. The normalized spacial score (nSPS) is 10.4. The number of para-hydroxylation sites is 1. The van der Waals surface area contributed by atoms with Crippen LogP contribution in [0.5, 0.6) is 5.75 Å². The van der Waals surface area contributed by atoms with Gasteiger partial charge >= 0.3 is 0 Å². The van der Waals surface area contributed by atoms with Gasteiger partial charge in [0.05, 0.1) is 6.61 Å². The molecule has 0 fully saturated rings. The molecular formula is C15H16FNO2. The van der Waals surface area contributed by atoms with Crippen LogP contribution in [0.15, 0.2) is 42.5 Å². The summed E-state index contributed by atoms with van der Waals surface area (Å²) < 4.78 is 24.4. The van der Waals surface area contributed by atoms with Crippen molar-refractivity contribution in [3.8, 4) is 16.9 Å². The average Bonchev–Trinajstić information content (AvgIpc) is 2.42. The van der Waals surface area contributed by atoms with Crippen LogP contribution in [0.2, 0.25) is 0 Å². The average molecular weight is 261 g/mol. The van der Waals surface area contributed by atoms with Crippen molar-refractivity contribution in [2.75, 3.05) is 26.1 Å². The van der Waals surface area contributed by atoms with Crippen LogP contribution in [0.1, 0.15) is 0 Å². The summed E-state index contributed by atoms with van der Waals surface area (Å²) in [6, 6.07) is 11.8. The molecule has 0 heterocycles. The van der Waals surface area contributed by atoms with E-state index in [1.807, 2.05) is 12.1 Å². The summed E-state index contributed by atoms with van der Waals surface area (Å²) in [6.07, 6.45) is 0. The summed E-state index contributed by atoms with van der Waals surface area (Å²) in [5.74, 6) is 0.293. The molecule has 0 aliphatic heterocycles. The molecule has 4 heteroatoms. The lowest BCUT2D eigenvalue weighted by Gasteiger charge is -2.12. The lowest BCUT2D eigenvalue weighted by atomic mass is 10.0. The summed E-state index contributed by atoms with van der Waals surface area (Å²) in [7, 11) is 1.60. The van der Waals surface area contributed by atoms with Crippen LogP contribution in [-0.2, 0) is 4.74 Å². The number of anilines is 1. The molecule has 2 N–H and O–H groups in total. The van der Waals surface area contributed by atoms with Crippen LogP contribution in [0.3, 0.4) is 0 Å². The van der Waals surface area contributed by atoms with Crippen LogP contribution in [0, 0.1) is 5.82 Å². The van der Waals surface area contributed by atoms with Crippen LogP contribution in [0.4, 0.5) is 10.1 Å². The molecule has 19 heavy (non-hydrogen) atoms. The van der Waals surface area contributed by atoms with Crippen LogP contribution < -0.4 is 10.5 Å². The van der Waals surface area contributed by atoms with E-state index in [-0.39, 0.29) is 5.82 Å². The van der Waals surface area contributed by atoms with E-state index in [0.717, 1.165) is 0 Å². The highest BCUT2D eigenvalue weighted by molar-refractivity contribution is 5.73. The Morgan fingerprint density at radius 2 is 1.84 bits per heavy atom. The van der Waals surface area contributed by atoms with Gasteiger partial charge in [-0.15, -0.1) is 0 Å². The number of halogens is 1. The van der Waals surface area contributed by atoms with Gasteiger partial charge in [0, 0.05) is 23.9 Å². The molecule has 0 atom stereocenters. The van der Waals surface area contributed by atoms with Crippen LogP contribution in [-0.4, -0.2) is 20.3 Å². The number of hydrogen-bond acceptors (Lipinski definition) is 3. The highest BCUT2D eigenvalue weighted by atomic mass is 19.1. The molecule has 2 aromatic rings. The van der Waals surface area contributed by atoms with Crippen LogP contribution >= 0.6 is 0 Å². The molecule has 0 aromatic heterocycles. The van der Waals surface area contributed by atoms with Gasteiger partial charge in [0.25, 0.3) is 0 Å². The predicted octanol–water partition coefficient (Wildman–Crippen LogP) is 3.10. The van der Waals surface area contributed by atoms with Crippen molar-refractivity contribution in [2.24, 2.45) is 0 Å². The lowest BCUT2D eigenvalue weighted by Crippen LogP contribution is -2.05. The number of ether oxygens (including phenoxy) is 2. The van der Waals surface area contributed by atoms with Gasteiger partial charge < -0.3 is 15.2 Å². The highest BCUT2D eigenvalue weighted by Crippen LogP contribution is 2.32. The molecule has 0 aliphatic carbocycles. The van der Waals surface area contributed by atoms with Gasteiger partial charge in [-0.05, 0) is 24.3 Å². The Balaban J connectivity index is 2.35. The first-order valence-electron chi connectivity index (χ1n) is 5.98. The topological polar surface area (TPSA) is 44.5 Å². The molecule has 0 aliphatic rings. The second-order valence-electron chi connectivity index (χ2n) is 4.08. The molecule has 0 saturated heterocycles. The Hall–Kier alpha value is -2.07. The fourth-order valence-corrected chi connectivity index (χ4v) is 1.80. The third-order valence-corrected chi connectivity index (χ3v) is 2.71. The molecule has 0 radical (unpaired) electrons. The number of nitrogens with two attached hydrogens (primary N) is 1. The van der Waals surface area contributed by atoms with Crippen molar-refractivity contribution in [3.05, 3.63) is 48.3 Å². The van der Waals surface area contributed by atoms with Gasteiger partial charge in [0.2, 0.25) is 0 Å². The maximum Gasteiger partial charge on any atom is 0.131 e. The van der Waals surface area contributed by atoms with Crippen molar-refractivity contribution in [1.29, 1.82) is 0 Å². The van der Waals surface area contributed by atoms with Gasteiger partial charge in [-0.25, -0.2) is 4.39 Å². The predicted molar refractivity (Wildman–Crippen MR) is 73.6 cm³/mol. The second-order valence-corrected chi connectivity index (χ2v) is 4.08. The van der Waals surface area contributed by atoms with Gasteiger partial charge in [0.1, 0.15) is 18.2 Å². The Morgan fingerprint density at radius 3 is 2.63 bits per heavy atom. The third kappa shape index (κ3) is 3.23. The first-order valence-corrected chi connectivity index (χ1v) is 5.98. The van der Waals surface area contributed by atoms with E-state index in [2.05, 4.69) is 0 Å². The van der Waals surface area contributed by atoms with E-state index in [1.54, 1.807) is 25.3 Å². The largest absolute Gasteiger partial charge is 0.491 e.